The average molecular weight is 253 g/mol. The average Bonchev–Trinajstić information content (AvgIpc) is 2.89. The molecule has 1 aromatic heterocycles. The zero-order valence-corrected chi connectivity index (χ0v) is 10.7. The Bertz CT molecular complexity index is 597. The molecule has 2 aromatic rings. The molecule has 0 aliphatic rings. The summed E-state index contributed by atoms with van der Waals surface area (Å²) in [5, 5.41) is 11.0. The van der Waals surface area contributed by atoms with Crippen LogP contribution in [0.5, 0.6) is 0 Å². The first-order chi connectivity index (χ1) is 9.33. The normalized spacial score (nSPS) is 11.7. The van der Waals surface area contributed by atoms with Crippen molar-refractivity contribution in [3.63, 3.8) is 0 Å². The number of rotatable bonds is 5. The maximum absolute atomic E-state index is 5.53. The molecule has 0 atom stereocenters. The molecule has 0 unspecified atom stereocenters. The van der Waals surface area contributed by atoms with Gasteiger partial charge in [-0.1, -0.05) is 48.1 Å². The van der Waals surface area contributed by atoms with Crippen molar-refractivity contribution in [2.75, 3.05) is 5.32 Å². The lowest BCUT2D eigenvalue weighted by atomic mass is 10.2. The van der Waals surface area contributed by atoms with E-state index in [1.807, 2.05) is 55.5 Å². The minimum absolute atomic E-state index is 0.356. The molecule has 0 aliphatic heterocycles. The second kappa shape index (κ2) is 6.35. The van der Waals surface area contributed by atoms with Gasteiger partial charge in [0.2, 0.25) is 5.89 Å². The summed E-state index contributed by atoms with van der Waals surface area (Å²) in [6.07, 6.45) is 7.36. The van der Waals surface area contributed by atoms with Crippen molar-refractivity contribution in [2.45, 2.75) is 6.92 Å². The summed E-state index contributed by atoms with van der Waals surface area (Å²) in [4.78, 5) is 0. The van der Waals surface area contributed by atoms with E-state index in [-0.39, 0.29) is 0 Å². The Morgan fingerprint density at radius 1 is 1.26 bits per heavy atom. The number of anilines is 2. The smallest absolute Gasteiger partial charge is 0.320 e. The first-order valence-electron chi connectivity index (χ1n) is 5.95. The molecule has 2 rings (SSSR count). The number of nitrogens with one attached hydrogen (secondary N) is 1. The highest BCUT2D eigenvalue weighted by Gasteiger charge is 2.08. The van der Waals surface area contributed by atoms with Crippen molar-refractivity contribution in [1.82, 2.24) is 10.2 Å². The lowest BCUT2D eigenvalue weighted by Gasteiger charge is -1.99. The van der Waals surface area contributed by atoms with E-state index in [1.165, 1.54) is 0 Å². The Labute approximate surface area is 112 Å². The standard InChI is InChI=1S/C15H15N3O/c1-3-5-9-12(4-2)14-17-18-15(19-14)16-13-10-7-6-8-11-13/h3-11H,2H2,1H3,(H,16,18)/b5-3-,12-9+. The molecule has 0 spiro atoms. The lowest BCUT2D eigenvalue weighted by molar-refractivity contribution is 0.557. The molecule has 1 N–H and O–H groups in total. The molecule has 0 bridgehead atoms. The van der Waals surface area contributed by atoms with Gasteiger partial charge >= 0.3 is 6.01 Å². The van der Waals surface area contributed by atoms with Gasteiger partial charge in [-0.2, -0.15) is 0 Å². The van der Waals surface area contributed by atoms with E-state index in [4.69, 9.17) is 4.42 Å². The summed E-state index contributed by atoms with van der Waals surface area (Å²) in [5.74, 6) is 0.437. The van der Waals surface area contributed by atoms with Gasteiger partial charge in [0.25, 0.3) is 0 Å². The fourth-order valence-corrected chi connectivity index (χ4v) is 1.46. The van der Waals surface area contributed by atoms with E-state index < -0.39 is 0 Å². The van der Waals surface area contributed by atoms with Gasteiger partial charge in [-0.25, -0.2) is 0 Å². The second-order valence-electron chi connectivity index (χ2n) is 3.76. The van der Waals surface area contributed by atoms with Crippen molar-refractivity contribution in [1.29, 1.82) is 0 Å². The minimum atomic E-state index is 0.356. The number of hydrogen-bond acceptors (Lipinski definition) is 4. The number of benzene rings is 1. The Kier molecular flexibility index (Phi) is 4.29. The van der Waals surface area contributed by atoms with Crippen molar-refractivity contribution in [2.24, 2.45) is 0 Å². The van der Waals surface area contributed by atoms with Crippen LogP contribution in [0.1, 0.15) is 12.8 Å². The van der Waals surface area contributed by atoms with Crippen LogP contribution in [0, 0.1) is 0 Å². The summed E-state index contributed by atoms with van der Waals surface area (Å²) in [7, 11) is 0. The molecule has 0 fully saturated rings. The van der Waals surface area contributed by atoms with Crippen molar-refractivity contribution >= 4 is 17.3 Å². The Balaban J connectivity index is 2.17. The van der Waals surface area contributed by atoms with Crippen LogP contribution < -0.4 is 5.32 Å². The van der Waals surface area contributed by atoms with Crippen molar-refractivity contribution < 1.29 is 4.42 Å². The highest BCUT2D eigenvalue weighted by Crippen LogP contribution is 2.19. The zero-order valence-electron chi connectivity index (χ0n) is 10.7. The highest BCUT2D eigenvalue weighted by atomic mass is 16.4. The molecular formula is C15H15N3O. The molecule has 19 heavy (non-hydrogen) atoms. The van der Waals surface area contributed by atoms with Crippen LogP contribution in [-0.2, 0) is 0 Å². The monoisotopic (exact) mass is 253 g/mol. The van der Waals surface area contributed by atoms with Crippen LogP contribution in [0.15, 0.2) is 65.6 Å². The van der Waals surface area contributed by atoms with Crippen molar-refractivity contribution in [3.8, 4) is 0 Å². The summed E-state index contributed by atoms with van der Waals surface area (Å²) in [5.41, 5.74) is 1.68. The molecular weight excluding hydrogens is 238 g/mol. The molecule has 0 saturated carbocycles. The number of aromatic nitrogens is 2. The van der Waals surface area contributed by atoms with Crippen LogP contribution in [-0.4, -0.2) is 10.2 Å². The molecule has 1 aromatic carbocycles. The summed E-state index contributed by atoms with van der Waals surface area (Å²) in [6, 6.07) is 10.0. The summed E-state index contributed by atoms with van der Waals surface area (Å²) >= 11 is 0. The lowest BCUT2D eigenvalue weighted by Crippen LogP contribution is -1.88. The molecule has 0 saturated heterocycles. The maximum Gasteiger partial charge on any atom is 0.320 e. The molecule has 0 amide bonds. The van der Waals surface area contributed by atoms with Gasteiger partial charge < -0.3 is 9.73 Å². The van der Waals surface area contributed by atoms with Crippen molar-refractivity contribution in [3.05, 3.63) is 67.1 Å². The summed E-state index contributed by atoms with van der Waals surface area (Å²) < 4.78 is 5.53. The second-order valence-corrected chi connectivity index (χ2v) is 3.76. The SMILES string of the molecule is C=C/C(=C\C=C/C)c1nnc(Nc2ccccc2)o1. The Morgan fingerprint density at radius 3 is 2.74 bits per heavy atom. The molecule has 0 radical (unpaired) electrons. The Morgan fingerprint density at radius 2 is 2.05 bits per heavy atom. The number of para-hydroxylation sites is 1. The van der Waals surface area contributed by atoms with Gasteiger partial charge in [-0.05, 0) is 25.1 Å². The first kappa shape index (κ1) is 12.8. The molecule has 4 heteroatoms. The number of hydrogen-bond donors (Lipinski definition) is 1. The largest absolute Gasteiger partial charge is 0.403 e. The van der Waals surface area contributed by atoms with Crippen LogP contribution in [0.3, 0.4) is 0 Å². The predicted molar refractivity (Wildman–Crippen MR) is 77.0 cm³/mol. The van der Waals surface area contributed by atoms with E-state index in [0.29, 0.717) is 11.9 Å². The predicted octanol–water partition coefficient (Wildman–Crippen LogP) is 3.96. The third-order valence-electron chi connectivity index (χ3n) is 2.39. The molecule has 96 valence electrons. The molecule has 4 nitrogen and oxygen atoms in total. The Hall–Kier alpha value is -2.62. The third-order valence-corrected chi connectivity index (χ3v) is 2.39. The first-order valence-corrected chi connectivity index (χ1v) is 5.95. The quantitative estimate of drug-likeness (QED) is 0.819. The fraction of sp³-hybridized carbons (Fsp3) is 0.0667. The van der Waals surface area contributed by atoms with Crippen LogP contribution in [0.2, 0.25) is 0 Å². The van der Waals surface area contributed by atoms with Gasteiger partial charge in [0.1, 0.15) is 0 Å². The minimum Gasteiger partial charge on any atom is -0.403 e. The zero-order chi connectivity index (χ0) is 13.5. The van der Waals surface area contributed by atoms with Gasteiger partial charge in [-0.3, -0.25) is 0 Å². The van der Waals surface area contributed by atoms with Crippen LogP contribution >= 0.6 is 0 Å². The maximum atomic E-state index is 5.53. The number of nitrogens with zero attached hydrogens (tertiary/aromatic N) is 2. The third kappa shape index (κ3) is 3.42. The van der Waals surface area contributed by atoms with E-state index in [9.17, 15) is 0 Å². The van der Waals surface area contributed by atoms with Crippen LogP contribution in [0.4, 0.5) is 11.7 Å². The molecule has 0 aliphatic carbocycles. The van der Waals surface area contributed by atoms with E-state index in [2.05, 4.69) is 22.1 Å². The van der Waals surface area contributed by atoms with Gasteiger partial charge in [-0.15, -0.1) is 5.10 Å². The van der Waals surface area contributed by atoms with E-state index in [0.717, 1.165) is 11.3 Å². The summed E-state index contributed by atoms with van der Waals surface area (Å²) in [6.45, 7) is 5.67. The van der Waals surface area contributed by atoms with E-state index >= 15 is 0 Å². The fourth-order valence-electron chi connectivity index (χ4n) is 1.46. The van der Waals surface area contributed by atoms with Gasteiger partial charge in [0.05, 0.1) is 0 Å². The highest BCUT2D eigenvalue weighted by molar-refractivity contribution is 5.69. The van der Waals surface area contributed by atoms with Gasteiger partial charge in [0, 0.05) is 11.3 Å². The molecule has 1 heterocycles. The van der Waals surface area contributed by atoms with E-state index in [1.54, 1.807) is 6.08 Å². The number of allylic oxidation sites excluding steroid dienone is 5. The van der Waals surface area contributed by atoms with Crippen LogP contribution in [0.25, 0.3) is 5.57 Å². The van der Waals surface area contributed by atoms with Gasteiger partial charge in [0.15, 0.2) is 0 Å². The topological polar surface area (TPSA) is 51.0 Å².